The van der Waals surface area contributed by atoms with Crippen molar-refractivity contribution in [3.8, 4) is 0 Å². The number of sulfone groups is 1. The molecule has 0 unspecified atom stereocenters. The number of hydrogen-bond acceptors (Lipinski definition) is 5. The van der Waals surface area contributed by atoms with E-state index in [-0.39, 0.29) is 22.0 Å². The number of nitrogens with zero attached hydrogens (tertiary/aromatic N) is 1. The Morgan fingerprint density at radius 1 is 1.19 bits per heavy atom. The highest BCUT2D eigenvalue weighted by Gasteiger charge is 2.19. The lowest BCUT2D eigenvalue weighted by Crippen LogP contribution is -2.15. The first-order valence-corrected chi connectivity index (χ1v) is 10.4. The Hall–Kier alpha value is -2.39. The molecule has 0 aliphatic rings. The summed E-state index contributed by atoms with van der Waals surface area (Å²) >= 11 is 0.971. The Bertz CT molecular complexity index is 1110. The van der Waals surface area contributed by atoms with Crippen LogP contribution in [0, 0.1) is 11.6 Å². The smallest absolute Gasteiger partial charge is 0.230 e. The van der Waals surface area contributed by atoms with E-state index in [1.54, 1.807) is 26.0 Å². The predicted octanol–water partition coefficient (Wildman–Crippen LogP) is 3.94. The van der Waals surface area contributed by atoms with Crippen molar-refractivity contribution in [1.82, 2.24) is 4.98 Å². The SMILES string of the molecule is CC(C)S(=O)(=O)c1ccc(CC(=O)Nc2nc3c(F)cc(F)cc3s2)cc1. The van der Waals surface area contributed by atoms with Gasteiger partial charge in [0.2, 0.25) is 5.91 Å². The molecule has 1 aromatic heterocycles. The first-order chi connectivity index (χ1) is 12.7. The maximum absolute atomic E-state index is 13.7. The Morgan fingerprint density at radius 3 is 2.48 bits per heavy atom. The number of carbonyl (C=O) groups excluding carboxylic acids is 1. The number of amides is 1. The van der Waals surface area contributed by atoms with Gasteiger partial charge < -0.3 is 5.32 Å². The number of thiazole rings is 1. The van der Waals surface area contributed by atoms with E-state index in [0.29, 0.717) is 10.3 Å². The molecule has 142 valence electrons. The van der Waals surface area contributed by atoms with E-state index < -0.39 is 32.6 Å². The van der Waals surface area contributed by atoms with Crippen LogP contribution in [0.25, 0.3) is 10.2 Å². The fraction of sp³-hybridized carbons (Fsp3) is 0.222. The van der Waals surface area contributed by atoms with Crippen LogP contribution in [-0.2, 0) is 21.1 Å². The second-order valence-electron chi connectivity index (χ2n) is 6.22. The van der Waals surface area contributed by atoms with E-state index in [1.165, 1.54) is 12.1 Å². The molecule has 3 aromatic rings. The molecular formula is C18H16F2N2O3S2. The topological polar surface area (TPSA) is 76.1 Å². The van der Waals surface area contributed by atoms with Crippen LogP contribution >= 0.6 is 11.3 Å². The molecule has 0 spiro atoms. The summed E-state index contributed by atoms with van der Waals surface area (Å²) in [6.07, 6.45) is -0.00518. The lowest BCUT2D eigenvalue weighted by Gasteiger charge is -2.08. The van der Waals surface area contributed by atoms with Crippen molar-refractivity contribution < 1.29 is 22.0 Å². The van der Waals surface area contributed by atoms with E-state index in [9.17, 15) is 22.0 Å². The molecular weight excluding hydrogens is 394 g/mol. The zero-order chi connectivity index (χ0) is 19.8. The second-order valence-corrected chi connectivity index (χ2v) is 9.75. The first kappa shape index (κ1) is 19.4. The number of anilines is 1. The molecule has 27 heavy (non-hydrogen) atoms. The Balaban J connectivity index is 1.72. The molecule has 0 aliphatic carbocycles. The van der Waals surface area contributed by atoms with E-state index in [1.807, 2.05) is 0 Å². The molecule has 0 fully saturated rings. The molecule has 0 radical (unpaired) electrons. The zero-order valence-electron chi connectivity index (χ0n) is 14.5. The molecule has 5 nitrogen and oxygen atoms in total. The minimum atomic E-state index is -3.37. The lowest BCUT2D eigenvalue weighted by atomic mass is 10.1. The van der Waals surface area contributed by atoms with Crippen molar-refractivity contribution >= 4 is 42.4 Å². The van der Waals surface area contributed by atoms with E-state index in [2.05, 4.69) is 10.3 Å². The van der Waals surface area contributed by atoms with Gasteiger partial charge in [0.05, 0.1) is 21.3 Å². The Kier molecular flexibility index (Phi) is 5.25. The van der Waals surface area contributed by atoms with Crippen LogP contribution in [0.5, 0.6) is 0 Å². The molecule has 2 aromatic carbocycles. The quantitative estimate of drug-likeness (QED) is 0.691. The van der Waals surface area contributed by atoms with Crippen molar-refractivity contribution in [2.75, 3.05) is 5.32 Å². The third kappa shape index (κ3) is 4.14. The first-order valence-electron chi connectivity index (χ1n) is 8.05. The Morgan fingerprint density at radius 2 is 1.85 bits per heavy atom. The molecule has 0 saturated carbocycles. The fourth-order valence-corrected chi connectivity index (χ4v) is 4.41. The molecule has 9 heteroatoms. The highest BCUT2D eigenvalue weighted by Crippen LogP contribution is 2.28. The van der Waals surface area contributed by atoms with Crippen LogP contribution in [0.2, 0.25) is 0 Å². The number of rotatable bonds is 5. The average molecular weight is 410 g/mol. The van der Waals surface area contributed by atoms with Gasteiger partial charge in [-0.2, -0.15) is 0 Å². The fourth-order valence-electron chi connectivity index (χ4n) is 2.43. The van der Waals surface area contributed by atoms with Crippen LogP contribution in [0.3, 0.4) is 0 Å². The van der Waals surface area contributed by atoms with E-state index in [0.717, 1.165) is 23.5 Å². The summed E-state index contributed by atoms with van der Waals surface area (Å²) in [6, 6.07) is 7.96. The minimum absolute atomic E-state index is 0.0000510. The summed E-state index contributed by atoms with van der Waals surface area (Å²) in [6.45, 7) is 3.20. The van der Waals surface area contributed by atoms with Gasteiger partial charge in [-0.3, -0.25) is 4.79 Å². The molecule has 1 N–H and O–H groups in total. The van der Waals surface area contributed by atoms with Crippen molar-refractivity contribution in [2.45, 2.75) is 30.4 Å². The van der Waals surface area contributed by atoms with Crippen LogP contribution < -0.4 is 5.32 Å². The molecule has 0 saturated heterocycles. The van der Waals surface area contributed by atoms with Crippen molar-refractivity contribution in [3.05, 3.63) is 53.6 Å². The van der Waals surface area contributed by atoms with Crippen LogP contribution in [0.4, 0.5) is 13.9 Å². The number of aromatic nitrogens is 1. The summed E-state index contributed by atoms with van der Waals surface area (Å²) in [5.74, 6) is -1.89. The van der Waals surface area contributed by atoms with E-state index >= 15 is 0 Å². The second kappa shape index (κ2) is 7.32. The van der Waals surface area contributed by atoms with Gasteiger partial charge in [-0.25, -0.2) is 22.2 Å². The van der Waals surface area contributed by atoms with Crippen LogP contribution in [0.1, 0.15) is 19.4 Å². The number of hydrogen-bond donors (Lipinski definition) is 1. The van der Waals surface area contributed by atoms with Crippen molar-refractivity contribution in [2.24, 2.45) is 0 Å². The van der Waals surface area contributed by atoms with Gasteiger partial charge >= 0.3 is 0 Å². The van der Waals surface area contributed by atoms with Gasteiger partial charge in [0.15, 0.2) is 20.8 Å². The lowest BCUT2D eigenvalue weighted by molar-refractivity contribution is -0.115. The van der Waals surface area contributed by atoms with Gasteiger partial charge in [0.25, 0.3) is 0 Å². The van der Waals surface area contributed by atoms with Gasteiger partial charge in [-0.1, -0.05) is 23.5 Å². The third-order valence-corrected chi connectivity index (χ3v) is 6.98. The zero-order valence-corrected chi connectivity index (χ0v) is 16.1. The number of nitrogens with one attached hydrogen (secondary N) is 1. The molecule has 1 amide bonds. The molecule has 0 atom stereocenters. The number of halogens is 2. The largest absolute Gasteiger partial charge is 0.302 e. The Labute approximate surface area is 159 Å². The van der Waals surface area contributed by atoms with Crippen molar-refractivity contribution in [3.63, 3.8) is 0 Å². The monoisotopic (exact) mass is 410 g/mol. The minimum Gasteiger partial charge on any atom is -0.302 e. The van der Waals surface area contributed by atoms with Gasteiger partial charge in [0, 0.05) is 6.07 Å². The molecule has 3 rings (SSSR count). The molecule has 0 aliphatic heterocycles. The van der Waals surface area contributed by atoms with E-state index in [4.69, 9.17) is 0 Å². The summed E-state index contributed by atoms with van der Waals surface area (Å²) in [7, 11) is -3.37. The maximum atomic E-state index is 13.7. The van der Waals surface area contributed by atoms with Gasteiger partial charge in [-0.15, -0.1) is 0 Å². The van der Waals surface area contributed by atoms with Crippen molar-refractivity contribution in [1.29, 1.82) is 0 Å². The van der Waals surface area contributed by atoms with Crippen LogP contribution in [0.15, 0.2) is 41.3 Å². The molecule has 0 bridgehead atoms. The number of carbonyl (C=O) groups is 1. The summed E-state index contributed by atoms with van der Waals surface area (Å²) in [4.78, 5) is 16.3. The predicted molar refractivity (Wildman–Crippen MR) is 101 cm³/mol. The van der Waals surface area contributed by atoms with Crippen LogP contribution in [-0.4, -0.2) is 24.6 Å². The maximum Gasteiger partial charge on any atom is 0.230 e. The number of benzene rings is 2. The number of fused-ring (bicyclic) bond motifs is 1. The standard InChI is InChI=1S/C18H16F2N2O3S2/c1-10(2)27(24,25)13-5-3-11(4-6-13)7-16(23)21-18-22-17-14(20)8-12(19)9-15(17)26-18/h3-6,8-10H,7H2,1-2H3,(H,21,22,23). The summed E-state index contributed by atoms with van der Waals surface area (Å²) < 4.78 is 51.4. The normalized spacial score (nSPS) is 11.9. The summed E-state index contributed by atoms with van der Waals surface area (Å²) in [5.41, 5.74) is 0.619. The van der Waals surface area contributed by atoms with Gasteiger partial charge in [0.1, 0.15) is 11.3 Å². The molecule has 1 heterocycles. The average Bonchev–Trinajstić information content (AvgIpc) is 2.97. The highest BCUT2D eigenvalue weighted by atomic mass is 32.2. The van der Waals surface area contributed by atoms with Gasteiger partial charge in [-0.05, 0) is 37.6 Å². The third-order valence-electron chi connectivity index (χ3n) is 3.90. The highest BCUT2D eigenvalue weighted by molar-refractivity contribution is 7.92. The summed E-state index contributed by atoms with van der Waals surface area (Å²) in [5, 5.41) is 2.18.